The number of carbonyl (C=O) groups excluding carboxylic acids is 1. The predicted octanol–water partition coefficient (Wildman–Crippen LogP) is 3.61. The summed E-state index contributed by atoms with van der Waals surface area (Å²) in [6, 6.07) is 14.9. The van der Waals surface area contributed by atoms with Crippen molar-refractivity contribution >= 4 is 35.0 Å². The molecule has 0 saturated carbocycles. The lowest BCUT2D eigenvalue weighted by atomic mass is 10.1. The third-order valence-corrected chi connectivity index (χ3v) is 4.91. The zero-order valence-corrected chi connectivity index (χ0v) is 15.7. The van der Waals surface area contributed by atoms with Gasteiger partial charge < -0.3 is 11.2 Å². The lowest BCUT2D eigenvalue weighted by Crippen LogP contribution is -2.16. The van der Waals surface area contributed by atoms with E-state index in [1.807, 2.05) is 36.4 Å². The van der Waals surface area contributed by atoms with Gasteiger partial charge in [-0.2, -0.15) is 0 Å². The van der Waals surface area contributed by atoms with E-state index in [0.29, 0.717) is 16.0 Å². The maximum atomic E-state index is 12.2. The van der Waals surface area contributed by atoms with Gasteiger partial charge in [-0.1, -0.05) is 42.4 Å². The normalized spacial score (nSPS) is 10.7. The Hall–Kier alpha value is -2.51. The number of thioether (sulfide) groups is 1. The van der Waals surface area contributed by atoms with Gasteiger partial charge in [0.1, 0.15) is 0 Å². The van der Waals surface area contributed by atoms with E-state index < -0.39 is 0 Å². The molecule has 1 heterocycles. The molecular formula is C18H18ClN5OS. The van der Waals surface area contributed by atoms with Crippen LogP contribution in [0.5, 0.6) is 0 Å². The van der Waals surface area contributed by atoms with Gasteiger partial charge in [-0.25, -0.2) is 4.68 Å². The van der Waals surface area contributed by atoms with Gasteiger partial charge in [0.15, 0.2) is 5.82 Å². The maximum Gasteiger partial charge on any atom is 0.234 e. The molecule has 0 unspecified atom stereocenters. The highest BCUT2D eigenvalue weighted by Gasteiger charge is 2.14. The summed E-state index contributed by atoms with van der Waals surface area (Å²) in [4.78, 5) is 12.2. The van der Waals surface area contributed by atoms with E-state index in [9.17, 15) is 4.79 Å². The second-order valence-electron chi connectivity index (χ2n) is 5.57. The van der Waals surface area contributed by atoms with Crippen LogP contribution < -0.4 is 11.2 Å². The molecule has 26 heavy (non-hydrogen) atoms. The fourth-order valence-corrected chi connectivity index (χ4v) is 3.15. The molecule has 0 aliphatic carbocycles. The number of hydrogen-bond acceptors (Lipinski definition) is 5. The number of aromatic nitrogens is 3. The van der Waals surface area contributed by atoms with Crippen LogP contribution in [0, 0.1) is 0 Å². The van der Waals surface area contributed by atoms with E-state index in [4.69, 9.17) is 17.4 Å². The van der Waals surface area contributed by atoms with Gasteiger partial charge in [0.2, 0.25) is 11.1 Å². The highest BCUT2D eigenvalue weighted by Crippen LogP contribution is 2.23. The summed E-state index contributed by atoms with van der Waals surface area (Å²) in [5, 5.41) is 12.1. The summed E-state index contributed by atoms with van der Waals surface area (Å²) >= 11 is 7.12. The summed E-state index contributed by atoms with van der Waals surface area (Å²) < 4.78 is 1.37. The number of nitrogen functional groups attached to an aromatic ring is 1. The number of amides is 1. The second kappa shape index (κ2) is 8.25. The van der Waals surface area contributed by atoms with Crippen molar-refractivity contribution < 1.29 is 4.79 Å². The average molecular weight is 388 g/mol. The Morgan fingerprint density at radius 1 is 1.23 bits per heavy atom. The monoisotopic (exact) mass is 387 g/mol. The fourth-order valence-electron chi connectivity index (χ4n) is 2.37. The van der Waals surface area contributed by atoms with E-state index in [0.717, 1.165) is 17.7 Å². The van der Waals surface area contributed by atoms with Crippen LogP contribution in [0.25, 0.3) is 11.4 Å². The van der Waals surface area contributed by atoms with Crippen LogP contribution in [0.15, 0.2) is 53.7 Å². The molecule has 0 saturated heterocycles. The van der Waals surface area contributed by atoms with Crippen molar-refractivity contribution in [2.45, 2.75) is 18.5 Å². The van der Waals surface area contributed by atoms with Gasteiger partial charge >= 0.3 is 0 Å². The smallest absolute Gasteiger partial charge is 0.234 e. The van der Waals surface area contributed by atoms with Crippen molar-refractivity contribution in [3.8, 4) is 11.4 Å². The van der Waals surface area contributed by atoms with Crippen molar-refractivity contribution in [1.82, 2.24) is 14.9 Å². The number of rotatable bonds is 6. The Kier molecular flexibility index (Phi) is 5.80. The minimum atomic E-state index is -0.126. The summed E-state index contributed by atoms with van der Waals surface area (Å²) in [7, 11) is 0. The van der Waals surface area contributed by atoms with E-state index in [1.54, 1.807) is 12.1 Å². The first-order valence-electron chi connectivity index (χ1n) is 8.05. The minimum absolute atomic E-state index is 0.126. The number of halogens is 1. The van der Waals surface area contributed by atoms with Crippen molar-refractivity contribution in [3.63, 3.8) is 0 Å². The molecule has 0 fully saturated rings. The molecule has 2 aromatic carbocycles. The second-order valence-corrected chi connectivity index (χ2v) is 6.95. The average Bonchev–Trinajstić information content (AvgIpc) is 3.01. The lowest BCUT2D eigenvalue weighted by molar-refractivity contribution is -0.113. The number of aryl methyl sites for hydroxylation is 1. The standard InChI is InChI=1S/C18H18ClN5OS/c1-2-12-4-3-5-15(10-12)21-16(25)11-26-18-23-22-17(24(18)20)13-6-8-14(19)9-7-13/h3-10H,2,11,20H2,1H3,(H,21,25). The van der Waals surface area contributed by atoms with E-state index >= 15 is 0 Å². The Morgan fingerprint density at radius 2 is 2.00 bits per heavy atom. The predicted molar refractivity (Wildman–Crippen MR) is 106 cm³/mol. The molecule has 3 aromatic rings. The topological polar surface area (TPSA) is 85.8 Å². The molecule has 6 nitrogen and oxygen atoms in total. The number of nitrogens with two attached hydrogens (primary N) is 1. The van der Waals surface area contributed by atoms with Crippen LogP contribution in [-0.4, -0.2) is 26.5 Å². The van der Waals surface area contributed by atoms with Crippen molar-refractivity contribution in [3.05, 3.63) is 59.1 Å². The first-order valence-corrected chi connectivity index (χ1v) is 9.41. The van der Waals surface area contributed by atoms with E-state index in [-0.39, 0.29) is 11.7 Å². The van der Waals surface area contributed by atoms with Gasteiger partial charge in [0, 0.05) is 16.3 Å². The SMILES string of the molecule is CCc1cccc(NC(=O)CSc2nnc(-c3ccc(Cl)cc3)n2N)c1. The highest BCUT2D eigenvalue weighted by atomic mass is 35.5. The van der Waals surface area contributed by atoms with Crippen molar-refractivity contribution in [2.24, 2.45) is 0 Å². The fraction of sp³-hybridized carbons (Fsp3) is 0.167. The summed E-state index contributed by atoms with van der Waals surface area (Å²) in [5.74, 6) is 6.63. The summed E-state index contributed by atoms with van der Waals surface area (Å²) in [6.07, 6.45) is 0.919. The molecule has 0 aliphatic rings. The van der Waals surface area contributed by atoms with Crippen LogP contribution in [0.2, 0.25) is 5.02 Å². The molecule has 3 rings (SSSR count). The zero-order chi connectivity index (χ0) is 18.5. The first kappa shape index (κ1) is 18.3. The summed E-state index contributed by atoms with van der Waals surface area (Å²) in [5.41, 5.74) is 2.76. The van der Waals surface area contributed by atoms with Gasteiger partial charge in [0.25, 0.3) is 0 Å². The molecule has 3 N–H and O–H groups in total. The number of nitrogens with one attached hydrogen (secondary N) is 1. The summed E-state index contributed by atoms with van der Waals surface area (Å²) in [6.45, 7) is 2.07. The van der Waals surface area contributed by atoms with Gasteiger partial charge in [-0.15, -0.1) is 10.2 Å². The highest BCUT2D eigenvalue weighted by molar-refractivity contribution is 7.99. The number of benzene rings is 2. The maximum absolute atomic E-state index is 12.2. The Bertz CT molecular complexity index is 910. The van der Waals surface area contributed by atoms with E-state index in [2.05, 4.69) is 22.4 Å². The van der Waals surface area contributed by atoms with Gasteiger partial charge in [-0.05, 0) is 48.4 Å². The third-order valence-electron chi connectivity index (χ3n) is 3.72. The molecule has 134 valence electrons. The first-order chi connectivity index (χ1) is 12.6. The Balaban J connectivity index is 1.62. The van der Waals surface area contributed by atoms with Crippen LogP contribution in [0.4, 0.5) is 5.69 Å². The van der Waals surface area contributed by atoms with Gasteiger partial charge in [-0.3, -0.25) is 4.79 Å². The largest absolute Gasteiger partial charge is 0.335 e. The minimum Gasteiger partial charge on any atom is -0.335 e. The molecule has 0 spiro atoms. The molecule has 8 heteroatoms. The van der Waals surface area contributed by atoms with Crippen molar-refractivity contribution in [2.75, 3.05) is 16.9 Å². The van der Waals surface area contributed by atoms with Crippen LogP contribution >= 0.6 is 23.4 Å². The number of nitrogens with zero attached hydrogens (tertiary/aromatic N) is 3. The molecular weight excluding hydrogens is 370 g/mol. The number of hydrogen-bond donors (Lipinski definition) is 2. The molecule has 1 aromatic heterocycles. The van der Waals surface area contributed by atoms with Gasteiger partial charge in [0.05, 0.1) is 5.75 Å². The van der Waals surface area contributed by atoms with Crippen molar-refractivity contribution in [1.29, 1.82) is 0 Å². The molecule has 0 atom stereocenters. The Labute approximate surface area is 160 Å². The lowest BCUT2D eigenvalue weighted by Gasteiger charge is -2.07. The molecule has 1 amide bonds. The van der Waals surface area contributed by atoms with Crippen LogP contribution in [-0.2, 0) is 11.2 Å². The third kappa shape index (κ3) is 4.36. The molecule has 0 radical (unpaired) electrons. The number of anilines is 1. The van der Waals surface area contributed by atoms with Crippen LogP contribution in [0.3, 0.4) is 0 Å². The van der Waals surface area contributed by atoms with Crippen LogP contribution in [0.1, 0.15) is 12.5 Å². The number of carbonyl (C=O) groups is 1. The quantitative estimate of drug-likeness (QED) is 0.498. The molecule has 0 aliphatic heterocycles. The zero-order valence-electron chi connectivity index (χ0n) is 14.1. The Morgan fingerprint density at radius 3 is 2.73 bits per heavy atom. The van der Waals surface area contributed by atoms with E-state index in [1.165, 1.54) is 22.0 Å². The molecule has 0 bridgehead atoms.